The molecule has 0 atom stereocenters. The van der Waals surface area contributed by atoms with Crippen LogP contribution in [0, 0.1) is 5.08 Å². The predicted octanol–water partition coefficient (Wildman–Crippen LogP) is 0.975. The minimum atomic E-state index is -6.47. The average Bonchev–Trinajstić information content (AvgIpc) is 1.77. The van der Waals surface area contributed by atoms with Crippen molar-refractivity contribution in [1.29, 1.82) is 0 Å². The molecule has 0 aliphatic rings. The highest BCUT2D eigenvalue weighted by atomic mass is 32.3. The van der Waals surface area contributed by atoms with E-state index in [4.69, 9.17) is 0 Å². The summed E-state index contributed by atoms with van der Waals surface area (Å²) in [4.78, 5) is 0. The van der Waals surface area contributed by atoms with Crippen LogP contribution in [-0.2, 0) is 19.7 Å². The second-order valence-corrected chi connectivity index (χ2v) is 5.95. The second-order valence-electron chi connectivity index (χ2n) is 2.08. The van der Waals surface area contributed by atoms with E-state index in [9.17, 15) is 43.2 Å². The van der Waals surface area contributed by atoms with Crippen LogP contribution in [0.4, 0.5) is 26.3 Å². The van der Waals surface area contributed by atoms with Crippen LogP contribution < -0.4 is 0 Å². The van der Waals surface area contributed by atoms with Gasteiger partial charge in [-0.25, -0.2) is 16.8 Å². The van der Waals surface area contributed by atoms with E-state index in [0.717, 1.165) is 0 Å². The lowest BCUT2D eigenvalue weighted by molar-refractivity contribution is -0.0446. The van der Waals surface area contributed by atoms with Gasteiger partial charge in [-0.3, -0.25) is 0 Å². The molecule has 0 rings (SSSR count). The van der Waals surface area contributed by atoms with Gasteiger partial charge in [-0.1, -0.05) is 0 Å². The van der Waals surface area contributed by atoms with Gasteiger partial charge in [-0.2, -0.15) is 26.3 Å². The number of hydrogen-bond donors (Lipinski definition) is 0. The zero-order valence-electron chi connectivity index (χ0n) is 6.29. The van der Waals surface area contributed by atoms with Gasteiger partial charge < -0.3 is 0 Å². The largest absolute Gasteiger partial charge is 0.498 e. The van der Waals surface area contributed by atoms with Crippen molar-refractivity contribution >= 4 is 19.7 Å². The van der Waals surface area contributed by atoms with Gasteiger partial charge in [0.25, 0.3) is 19.7 Å². The third-order valence-electron chi connectivity index (χ3n) is 0.899. The Hall–Kier alpha value is -0.520. The van der Waals surface area contributed by atoms with Crippen LogP contribution in [0.25, 0.3) is 0 Å². The first-order chi connectivity index (χ1) is 6.21. The molecule has 0 aromatic rings. The standard InChI is InChI=1S/C3HF6O4S2/c4-2(5,6)14(10,11)1-15(12,13)3(7,8)9/h1H. The van der Waals surface area contributed by atoms with Gasteiger partial charge in [-0.15, -0.1) is 0 Å². The van der Waals surface area contributed by atoms with Crippen molar-refractivity contribution in [1.82, 2.24) is 0 Å². The topological polar surface area (TPSA) is 68.3 Å². The van der Waals surface area contributed by atoms with Crippen LogP contribution in [-0.4, -0.2) is 27.9 Å². The Bertz CT molecular complexity index is 382. The van der Waals surface area contributed by atoms with Crippen LogP contribution in [0.3, 0.4) is 0 Å². The van der Waals surface area contributed by atoms with Crippen LogP contribution in [0.15, 0.2) is 0 Å². The molecule has 0 saturated heterocycles. The lowest BCUT2D eigenvalue weighted by Crippen LogP contribution is -2.32. The van der Waals surface area contributed by atoms with Crippen LogP contribution in [0.5, 0.6) is 0 Å². The highest BCUT2D eigenvalue weighted by Gasteiger charge is 2.56. The number of alkyl halides is 6. The van der Waals surface area contributed by atoms with Crippen molar-refractivity contribution in [3.63, 3.8) is 0 Å². The summed E-state index contributed by atoms with van der Waals surface area (Å²) in [5.41, 5.74) is -12.2. The van der Waals surface area contributed by atoms with Crippen molar-refractivity contribution in [3.8, 4) is 0 Å². The zero-order valence-corrected chi connectivity index (χ0v) is 7.93. The van der Waals surface area contributed by atoms with E-state index in [1.54, 1.807) is 0 Å². The van der Waals surface area contributed by atoms with Gasteiger partial charge in [0.15, 0.2) is 0 Å². The SMILES string of the molecule is O=S(=O)([CH]S(=O)(=O)C(F)(F)F)C(F)(F)F. The summed E-state index contributed by atoms with van der Waals surface area (Å²) >= 11 is 0. The molecule has 0 spiro atoms. The van der Waals surface area contributed by atoms with Gasteiger partial charge in [-0.05, 0) is 0 Å². The van der Waals surface area contributed by atoms with Crippen LogP contribution in [0.1, 0.15) is 0 Å². The molecule has 4 nitrogen and oxygen atoms in total. The fraction of sp³-hybridized carbons (Fsp3) is 0.667. The summed E-state index contributed by atoms with van der Waals surface area (Å²) in [7, 11) is -12.9. The number of rotatable bonds is 2. The zero-order chi connectivity index (χ0) is 12.7. The minimum Gasteiger partial charge on any atom is -0.218 e. The third kappa shape index (κ3) is 3.22. The Morgan fingerprint density at radius 1 is 0.667 bits per heavy atom. The maximum Gasteiger partial charge on any atom is 0.498 e. The third-order valence-corrected chi connectivity index (χ3v) is 4.22. The van der Waals surface area contributed by atoms with E-state index < -0.39 is 35.8 Å². The second kappa shape index (κ2) is 3.50. The maximum atomic E-state index is 11.5. The van der Waals surface area contributed by atoms with E-state index in [1.807, 2.05) is 0 Å². The van der Waals surface area contributed by atoms with Gasteiger partial charge >= 0.3 is 11.0 Å². The Labute approximate surface area is 79.7 Å². The first-order valence-corrected chi connectivity index (χ1v) is 5.77. The quantitative estimate of drug-likeness (QED) is 0.706. The average molecular weight is 279 g/mol. The number of sulfone groups is 2. The summed E-state index contributed by atoms with van der Waals surface area (Å²) in [6, 6.07) is 0. The monoisotopic (exact) mass is 279 g/mol. The highest BCUT2D eigenvalue weighted by molar-refractivity contribution is 8.12. The summed E-state index contributed by atoms with van der Waals surface area (Å²) in [6.07, 6.45) is 0. The van der Waals surface area contributed by atoms with Gasteiger partial charge in [0.2, 0.25) is 5.08 Å². The van der Waals surface area contributed by atoms with Crippen LogP contribution in [0.2, 0.25) is 0 Å². The lowest BCUT2D eigenvalue weighted by Gasteiger charge is -2.09. The molecule has 15 heavy (non-hydrogen) atoms. The predicted molar refractivity (Wildman–Crippen MR) is 34.2 cm³/mol. The molecular weight excluding hydrogens is 278 g/mol. The molecule has 0 aromatic heterocycles. The van der Waals surface area contributed by atoms with E-state index in [2.05, 4.69) is 0 Å². The van der Waals surface area contributed by atoms with Gasteiger partial charge in [0.1, 0.15) is 0 Å². The Morgan fingerprint density at radius 3 is 1.00 bits per heavy atom. The van der Waals surface area contributed by atoms with E-state index in [0.29, 0.717) is 0 Å². The molecule has 0 N–H and O–H groups in total. The first kappa shape index (κ1) is 14.5. The molecule has 0 aliphatic heterocycles. The Balaban J connectivity index is 5.28. The first-order valence-electron chi connectivity index (χ1n) is 2.68. The molecule has 0 aromatic carbocycles. The van der Waals surface area contributed by atoms with E-state index in [-0.39, 0.29) is 0 Å². The molecule has 0 heterocycles. The Kier molecular flexibility index (Phi) is 3.38. The molecule has 0 unspecified atom stereocenters. The summed E-state index contributed by atoms with van der Waals surface area (Å²) in [5, 5.41) is -1.76. The molecule has 0 aliphatic carbocycles. The van der Waals surface area contributed by atoms with E-state index >= 15 is 0 Å². The minimum absolute atomic E-state index is 1.76. The van der Waals surface area contributed by atoms with Gasteiger partial charge in [0, 0.05) is 0 Å². The molecule has 91 valence electrons. The van der Waals surface area contributed by atoms with Crippen molar-refractivity contribution in [2.75, 3.05) is 0 Å². The Morgan fingerprint density at radius 2 is 0.867 bits per heavy atom. The van der Waals surface area contributed by atoms with E-state index in [1.165, 1.54) is 0 Å². The molecular formula is C3HF6O4S2. The fourth-order valence-electron chi connectivity index (χ4n) is 0.276. The molecule has 12 heteroatoms. The van der Waals surface area contributed by atoms with Crippen molar-refractivity contribution in [2.45, 2.75) is 11.0 Å². The molecule has 0 fully saturated rings. The van der Waals surface area contributed by atoms with Gasteiger partial charge in [0.05, 0.1) is 0 Å². The maximum absolute atomic E-state index is 11.5. The smallest absolute Gasteiger partial charge is 0.218 e. The summed E-state index contributed by atoms with van der Waals surface area (Å²) in [6.45, 7) is 0. The fourth-order valence-corrected chi connectivity index (χ4v) is 2.48. The van der Waals surface area contributed by atoms with Crippen molar-refractivity contribution < 1.29 is 43.2 Å². The molecule has 0 amide bonds. The number of halogens is 6. The van der Waals surface area contributed by atoms with Crippen molar-refractivity contribution in [2.24, 2.45) is 0 Å². The summed E-state index contributed by atoms with van der Waals surface area (Å²) < 4.78 is 109. The lowest BCUT2D eigenvalue weighted by atomic mass is 11.5. The molecule has 0 saturated carbocycles. The molecule has 1 radical (unpaired) electrons. The summed E-state index contributed by atoms with van der Waals surface area (Å²) in [5.74, 6) is 0. The number of hydrogen-bond acceptors (Lipinski definition) is 4. The molecule has 0 bridgehead atoms. The normalized spacial score (nSPS) is 15.3. The van der Waals surface area contributed by atoms with Crippen molar-refractivity contribution in [3.05, 3.63) is 5.08 Å². The van der Waals surface area contributed by atoms with Crippen LogP contribution >= 0.6 is 0 Å². The highest BCUT2D eigenvalue weighted by Crippen LogP contribution is 2.33.